The summed E-state index contributed by atoms with van der Waals surface area (Å²) in [5.74, 6) is -1.43. The maximum atomic E-state index is 12.4. The Labute approximate surface area is 149 Å². The molecule has 25 heavy (non-hydrogen) atoms. The number of hydrogen-bond acceptors (Lipinski definition) is 3. The van der Waals surface area contributed by atoms with Gasteiger partial charge in [-0.25, -0.2) is 0 Å². The first-order chi connectivity index (χ1) is 11.6. The fourth-order valence-electron chi connectivity index (χ4n) is 2.23. The Morgan fingerprint density at radius 1 is 1.08 bits per heavy atom. The van der Waals surface area contributed by atoms with Gasteiger partial charge in [-0.15, -0.1) is 0 Å². The molecule has 2 amide bonds. The number of carboxylic acid groups (broad SMARTS) is 1. The Balaban J connectivity index is 2.70. The maximum Gasteiger partial charge on any atom is 0.303 e. The van der Waals surface area contributed by atoms with E-state index in [0.29, 0.717) is 12.8 Å². The van der Waals surface area contributed by atoms with E-state index in [0.717, 1.165) is 5.56 Å². The van der Waals surface area contributed by atoms with Gasteiger partial charge in [0.25, 0.3) is 0 Å². The standard InChI is InChI=1S/C19H28N2O4/c1-13(20-18(25)19(2,3)4)17(24)21-15(10-11-16(22)23)12-14-8-6-5-7-9-14/h5-9,13,15H,10-12H2,1-4H3,(H,20,25)(H,21,24)(H,22,23). The van der Waals surface area contributed by atoms with Crippen LogP contribution in [0.1, 0.15) is 46.1 Å². The number of carboxylic acids is 1. The molecule has 138 valence electrons. The van der Waals surface area contributed by atoms with E-state index < -0.39 is 17.4 Å². The fourth-order valence-corrected chi connectivity index (χ4v) is 2.23. The van der Waals surface area contributed by atoms with Gasteiger partial charge in [0, 0.05) is 17.9 Å². The van der Waals surface area contributed by atoms with Crippen molar-refractivity contribution in [3.05, 3.63) is 35.9 Å². The molecular weight excluding hydrogens is 320 g/mol. The van der Waals surface area contributed by atoms with E-state index in [2.05, 4.69) is 10.6 Å². The minimum absolute atomic E-state index is 0.0273. The Morgan fingerprint density at radius 3 is 2.20 bits per heavy atom. The molecular formula is C19H28N2O4. The van der Waals surface area contributed by atoms with Crippen molar-refractivity contribution in [2.75, 3.05) is 0 Å². The molecule has 0 spiro atoms. The van der Waals surface area contributed by atoms with Crippen LogP contribution in [0.2, 0.25) is 0 Å². The molecule has 6 nitrogen and oxygen atoms in total. The maximum absolute atomic E-state index is 12.4. The predicted octanol–water partition coefficient (Wildman–Crippen LogP) is 2.13. The largest absolute Gasteiger partial charge is 0.481 e. The second-order valence-corrected chi connectivity index (χ2v) is 7.27. The second-order valence-electron chi connectivity index (χ2n) is 7.27. The van der Waals surface area contributed by atoms with Crippen LogP contribution in [0.3, 0.4) is 0 Å². The normalized spacial score (nSPS) is 13.6. The van der Waals surface area contributed by atoms with Gasteiger partial charge in [-0.3, -0.25) is 14.4 Å². The molecule has 1 rings (SSSR count). The molecule has 0 bridgehead atoms. The van der Waals surface area contributed by atoms with E-state index in [4.69, 9.17) is 5.11 Å². The average Bonchev–Trinajstić information content (AvgIpc) is 2.52. The molecule has 1 aromatic carbocycles. The molecule has 6 heteroatoms. The summed E-state index contributed by atoms with van der Waals surface area (Å²) in [5, 5.41) is 14.5. The van der Waals surface area contributed by atoms with Gasteiger partial charge >= 0.3 is 5.97 Å². The van der Waals surface area contributed by atoms with E-state index >= 15 is 0 Å². The number of rotatable bonds is 8. The summed E-state index contributed by atoms with van der Waals surface area (Å²) in [7, 11) is 0. The van der Waals surface area contributed by atoms with E-state index in [1.165, 1.54) is 0 Å². The highest BCUT2D eigenvalue weighted by molar-refractivity contribution is 5.89. The first kappa shape index (κ1) is 20.7. The molecule has 2 atom stereocenters. The summed E-state index contributed by atoms with van der Waals surface area (Å²) in [4.78, 5) is 35.2. The van der Waals surface area contributed by atoms with Crippen molar-refractivity contribution in [1.82, 2.24) is 10.6 Å². The summed E-state index contributed by atoms with van der Waals surface area (Å²) < 4.78 is 0. The quantitative estimate of drug-likeness (QED) is 0.670. The van der Waals surface area contributed by atoms with E-state index in [1.54, 1.807) is 27.7 Å². The van der Waals surface area contributed by atoms with Crippen molar-refractivity contribution >= 4 is 17.8 Å². The van der Waals surface area contributed by atoms with Crippen LogP contribution in [0.4, 0.5) is 0 Å². The number of aliphatic carboxylic acids is 1. The molecule has 3 N–H and O–H groups in total. The zero-order chi connectivity index (χ0) is 19.0. The molecule has 0 saturated heterocycles. The SMILES string of the molecule is CC(NC(=O)C(C)(C)C)C(=O)NC(CCC(=O)O)Cc1ccccc1. The predicted molar refractivity (Wildman–Crippen MR) is 96.0 cm³/mol. The van der Waals surface area contributed by atoms with Crippen molar-refractivity contribution in [1.29, 1.82) is 0 Å². The molecule has 0 radical (unpaired) electrons. The highest BCUT2D eigenvalue weighted by Gasteiger charge is 2.26. The zero-order valence-electron chi connectivity index (χ0n) is 15.3. The van der Waals surface area contributed by atoms with Gasteiger partial charge in [0.2, 0.25) is 11.8 Å². The molecule has 0 aliphatic carbocycles. The third kappa shape index (κ3) is 7.83. The van der Waals surface area contributed by atoms with Gasteiger partial charge < -0.3 is 15.7 Å². The minimum atomic E-state index is -0.901. The van der Waals surface area contributed by atoms with Gasteiger partial charge in [0.1, 0.15) is 6.04 Å². The lowest BCUT2D eigenvalue weighted by molar-refractivity contribution is -0.137. The van der Waals surface area contributed by atoms with Gasteiger partial charge in [-0.05, 0) is 25.3 Å². The van der Waals surface area contributed by atoms with Crippen LogP contribution < -0.4 is 10.6 Å². The van der Waals surface area contributed by atoms with Gasteiger partial charge in [-0.2, -0.15) is 0 Å². The molecule has 0 fully saturated rings. The Bertz CT molecular complexity index is 593. The van der Waals surface area contributed by atoms with Gasteiger partial charge in [0.15, 0.2) is 0 Å². The van der Waals surface area contributed by atoms with Crippen molar-refractivity contribution in [3.63, 3.8) is 0 Å². The summed E-state index contributed by atoms with van der Waals surface area (Å²) in [6.07, 6.45) is 0.843. The number of carbonyl (C=O) groups excluding carboxylic acids is 2. The van der Waals surface area contributed by atoms with E-state index in [-0.39, 0.29) is 24.3 Å². The molecule has 0 aromatic heterocycles. The lowest BCUT2D eigenvalue weighted by atomic mass is 9.95. The van der Waals surface area contributed by atoms with Crippen molar-refractivity contribution < 1.29 is 19.5 Å². The van der Waals surface area contributed by atoms with Crippen molar-refractivity contribution in [2.45, 2.75) is 59.0 Å². The highest BCUT2D eigenvalue weighted by Crippen LogP contribution is 2.13. The van der Waals surface area contributed by atoms with Crippen LogP contribution in [-0.2, 0) is 20.8 Å². The topological polar surface area (TPSA) is 95.5 Å². The molecule has 0 saturated carbocycles. The summed E-state index contributed by atoms with van der Waals surface area (Å²) in [5.41, 5.74) is 0.436. The Kier molecular flexibility index (Phi) is 7.61. The third-order valence-corrected chi connectivity index (χ3v) is 3.80. The van der Waals surface area contributed by atoms with Gasteiger partial charge in [0.05, 0.1) is 0 Å². The molecule has 1 aromatic rings. The van der Waals surface area contributed by atoms with Crippen LogP contribution in [0.25, 0.3) is 0 Å². The second kappa shape index (κ2) is 9.20. The van der Waals surface area contributed by atoms with E-state index in [1.807, 2.05) is 30.3 Å². The number of carbonyl (C=O) groups is 3. The number of amides is 2. The Morgan fingerprint density at radius 2 is 1.68 bits per heavy atom. The zero-order valence-corrected chi connectivity index (χ0v) is 15.3. The number of hydrogen-bond donors (Lipinski definition) is 3. The molecule has 0 heterocycles. The third-order valence-electron chi connectivity index (χ3n) is 3.80. The smallest absolute Gasteiger partial charge is 0.303 e. The van der Waals surface area contributed by atoms with Crippen LogP contribution in [0.5, 0.6) is 0 Å². The fraction of sp³-hybridized carbons (Fsp3) is 0.526. The van der Waals surface area contributed by atoms with Crippen LogP contribution in [0.15, 0.2) is 30.3 Å². The van der Waals surface area contributed by atoms with Crippen molar-refractivity contribution in [3.8, 4) is 0 Å². The number of benzene rings is 1. The molecule has 2 unspecified atom stereocenters. The Hall–Kier alpha value is -2.37. The molecule has 0 aliphatic heterocycles. The van der Waals surface area contributed by atoms with Crippen LogP contribution >= 0.6 is 0 Å². The summed E-state index contributed by atoms with van der Waals surface area (Å²) in [6, 6.07) is 8.58. The van der Waals surface area contributed by atoms with Gasteiger partial charge in [-0.1, -0.05) is 51.1 Å². The minimum Gasteiger partial charge on any atom is -0.481 e. The van der Waals surface area contributed by atoms with Crippen LogP contribution in [0, 0.1) is 5.41 Å². The van der Waals surface area contributed by atoms with Crippen LogP contribution in [-0.4, -0.2) is 35.0 Å². The van der Waals surface area contributed by atoms with Crippen molar-refractivity contribution in [2.24, 2.45) is 5.41 Å². The molecule has 0 aliphatic rings. The lowest BCUT2D eigenvalue weighted by Gasteiger charge is -2.24. The first-order valence-corrected chi connectivity index (χ1v) is 8.46. The number of nitrogens with one attached hydrogen (secondary N) is 2. The highest BCUT2D eigenvalue weighted by atomic mass is 16.4. The monoisotopic (exact) mass is 348 g/mol. The average molecular weight is 348 g/mol. The first-order valence-electron chi connectivity index (χ1n) is 8.46. The van der Waals surface area contributed by atoms with E-state index in [9.17, 15) is 14.4 Å². The lowest BCUT2D eigenvalue weighted by Crippen LogP contribution is -2.51. The summed E-state index contributed by atoms with van der Waals surface area (Å²) in [6.45, 7) is 6.95. The summed E-state index contributed by atoms with van der Waals surface area (Å²) >= 11 is 0.